The zero-order valence-electron chi connectivity index (χ0n) is 13.1. The van der Waals surface area contributed by atoms with Gasteiger partial charge in [0, 0.05) is 25.6 Å². The number of rotatable bonds is 7. The lowest BCUT2D eigenvalue weighted by Gasteiger charge is -2.25. The third kappa shape index (κ3) is 4.87. The van der Waals surface area contributed by atoms with Crippen molar-refractivity contribution in [1.82, 2.24) is 10.2 Å². The van der Waals surface area contributed by atoms with Crippen LogP contribution in [0.15, 0.2) is 18.2 Å². The molecule has 1 saturated heterocycles. The molecule has 0 saturated carbocycles. The van der Waals surface area contributed by atoms with Crippen molar-refractivity contribution in [3.63, 3.8) is 0 Å². The maximum absolute atomic E-state index is 11.4. The number of likely N-dealkylation sites (tertiary alicyclic amines) is 1. The van der Waals surface area contributed by atoms with E-state index in [1.54, 1.807) is 0 Å². The Bertz CT molecular complexity index is 507. The normalized spacial score (nSPS) is 18.6. The van der Waals surface area contributed by atoms with Crippen LogP contribution in [-0.2, 0) is 4.79 Å². The summed E-state index contributed by atoms with van der Waals surface area (Å²) in [6.07, 6.45) is 4.85. The van der Waals surface area contributed by atoms with Crippen molar-refractivity contribution in [3.05, 3.63) is 33.8 Å². The van der Waals surface area contributed by atoms with Crippen LogP contribution in [0.4, 0.5) is 0 Å². The summed E-state index contributed by atoms with van der Waals surface area (Å²) in [4.78, 5) is 13.9. The molecule has 3 nitrogen and oxygen atoms in total. The molecule has 1 amide bonds. The van der Waals surface area contributed by atoms with Gasteiger partial charge < -0.3 is 5.32 Å². The largest absolute Gasteiger partial charge is 0.356 e. The molecule has 0 spiro atoms. The van der Waals surface area contributed by atoms with E-state index in [0.717, 1.165) is 38.9 Å². The quantitative estimate of drug-likeness (QED) is 0.743. The van der Waals surface area contributed by atoms with Gasteiger partial charge in [-0.2, -0.15) is 0 Å². The molecule has 22 heavy (non-hydrogen) atoms. The molecule has 1 aromatic rings. The molecule has 1 unspecified atom stereocenters. The van der Waals surface area contributed by atoms with Crippen LogP contribution in [0.25, 0.3) is 0 Å². The van der Waals surface area contributed by atoms with Crippen molar-refractivity contribution >= 4 is 29.1 Å². The Morgan fingerprint density at radius 3 is 2.91 bits per heavy atom. The van der Waals surface area contributed by atoms with Crippen LogP contribution in [0.3, 0.4) is 0 Å². The summed E-state index contributed by atoms with van der Waals surface area (Å²) < 4.78 is 0. The molecule has 1 atom stereocenters. The van der Waals surface area contributed by atoms with Crippen molar-refractivity contribution in [2.45, 2.75) is 45.1 Å². The molecule has 1 aliphatic heterocycles. The molecular weight excluding hydrogens is 319 g/mol. The number of carbonyl (C=O) groups excluding carboxylic acids is 1. The first-order valence-corrected chi connectivity index (χ1v) is 8.83. The van der Waals surface area contributed by atoms with Crippen LogP contribution < -0.4 is 5.32 Å². The van der Waals surface area contributed by atoms with Crippen molar-refractivity contribution in [2.75, 3.05) is 19.6 Å². The summed E-state index contributed by atoms with van der Waals surface area (Å²) in [5.74, 6) is 0.157. The van der Waals surface area contributed by atoms with Crippen LogP contribution in [0.5, 0.6) is 0 Å². The Kier molecular flexibility index (Phi) is 7.00. The van der Waals surface area contributed by atoms with Gasteiger partial charge >= 0.3 is 0 Å². The van der Waals surface area contributed by atoms with Crippen LogP contribution in [0.2, 0.25) is 10.0 Å². The minimum Gasteiger partial charge on any atom is -0.356 e. The molecule has 1 aromatic carbocycles. The van der Waals surface area contributed by atoms with Crippen LogP contribution >= 0.6 is 23.2 Å². The third-order valence-electron chi connectivity index (χ3n) is 4.11. The van der Waals surface area contributed by atoms with Crippen LogP contribution in [0.1, 0.15) is 50.6 Å². The molecule has 1 aliphatic rings. The summed E-state index contributed by atoms with van der Waals surface area (Å²) >= 11 is 12.1. The van der Waals surface area contributed by atoms with Gasteiger partial charge in [0.25, 0.3) is 0 Å². The van der Waals surface area contributed by atoms with E-state index in [1.807, 2.05) is 19.1 Å². The molecule has 122 valence electrons. The van der Waals surface area contributed by atoms with E-state index in [2.05, 4.69) is 16.3 Å². The van der Waals surface area contributed by atoms with E-state index >= 15 is 0 Å². The number of carbonyl (C=O) groups is 1. The standard InChI is InChI=1S/C17H24Cl2N2O/c1-2-5-17(22)20-9-4-11-21-10-3-6-16(21)13-7-8-14(18)15(19)12-13/h7-8,12,16H,2-6,9-11H2,1H3,(H,20,22). The molecule has 5 heteroatoms. The Labute approximate surface area is 143 Å². The Morgan fingerprint density at radius 1 is 1.36 bits per heavy atom. The van der Waals surface area contributed by atoms with Crippen molar-refractivity contribution in [2.24, 2.45) is 0 Å². The molecule has 0 aromatic heterocycles. The monoisotopic (exact) mass is 342 g/mol. The number of benzene rings is 1. The topological polar surface area (TPSA) is 32.3 Å². The lowest BCUT2D eigenvalue weighted by Crippen LogP contribution is -2.29. The molecule has 1 heterocycles. The van der Waals surface area contributed by atoms with Gasteiger partial charge in [-0.05, 0) is 49.9 Å². The van der Waals surface area contributed by atoms with Crippen molar-refractivity contribution in [1.29, 1.82) is 0 Å². The fourth-order valence-electron chi connectivity index (χ4n) is 3.02. The average molecular weight is 343 g/mol. The van der Waals surface area contributed by atoms with E-state index in [0.29, 0.717) is 22.5 Å². The van der Waals surface area contributed by atoms with E-state index in [4.69, 9.17) is 23.2 Å². The van der Waals surface area contributed by atoms with E-state index < -0.39 is 0 Å². The summed E-state index contributed by atoms with van der Waals surface area (Å²) in [6.45, 7) is 4.88. The number of amides is 1. The van der Waals surface area contributed by atoms with Gasteiger partial charge in [-0.25, -0.2) is 0 Å². The zero-order valence-corrected chi connectivity index (χ0v) is 14.6. The highest BCUT2D eigenvalue weighted by Crippen LogP contribution is 2.34. The predicted molar refractivity (Wildman–Crippen MR) is 92.5 cm³/mol. The molecule has 0 bridgehead atoms. The molecule has 0 aliphatic carbocycles. The first-order chi connectivity index (χ1) is 10.6. The van der Waals surface area contributed by atoms with Gasteiger partial charge in [0.15, 0.2) is 0 Å². The molecule has 1 N–H and O–H groups in total. The highest BCUT2D eigenvalue weighted by Gasteiger charge is 2.25. The lowest BCUT2D eigenvalue weighted by molar-refractivity contribution is -0.121. The Balaban J connectivity index is 1.83. The number of nitrogens with one attached hydrogen (secondary N) is 1. The SMILES string of the molecule is CCCC(=O)NCCCN1CCCC1c1ccc(Cl)c(Cl)c1. The minimum atomic E-state index is 0.157. The van der Waals surface area contributed by atoms with Gasteiger partial charge in [0.2, 0.25) is 5.91 Å². The smallest absolute Gasteiger partial charge is 0.219 e. The van der Waals surface area contributed by atoms with Crippen molar-refractivity contribution in [3.8, 4) is 0 Å². The molecule has 1 fully saturated rings. The second kappa shape index (κ2) is 8.76. The second-order valence-corrected chi connectivity index (χ2v) is 6.64. The zero-order chi connectivity index (χ0) is 15.9. The maximum atomic E-state index is 11.4. The number of hydrogen-bond acceptors (Lipinski definition) is 2. The number of halogens is 2. The van der Waals surface area contributed by atoms with Gasteiger partial charge in [0.1, 0.15) is 0 Å². The first kappa shape index (κ1) is 17.6. The molecular formula is C17H24Cl2N2O. The summed E-state index contributed by atoms with van der Waals surface area (Å²) in [6, 6.07) is 6.35. The Morgan fingerprint density at radius 2 is 2.18 bits per heavy atom. The van der Waals surface area contributed by atoms with Gasteiger partial charge in [-0.3, -0.25) is 9.69 Å². The van der Waals surface area contributed by atoms with Gasteiger partial charge in [-0.1, -0.05) is 36.2 Å². The lowest BCUT2D eigenvalue weighted by atomic mass is 10.0. The van der Waals surface area contributed by atoms with Crippen LogP contribution in [0, 0.1) is 0 Å². The van der Waals surface area contributed by atoms with E-state index in [1.165, 1.54) is 12.0 Å². The predicted octanol–water partition coefficient (Wildman–Crippen LogP) is 4.44. The van der Waals surface area contributed by atoms with Gasteiger partial charge in [-0.15, -0.1) is 0 Å². The molecule has 0 radical (unpaired) electrons. The summed E-state index contributed by atoms with van der Waals surface area (Å²) in [5.41, 5.74) is 1.24. The molecule has 2 rings (SSSR count). The number of nitrogens with zero attached hydrogens (tertiary/aromatic N) is 1. The van der Waals surface area contributed by atoms with E-state index in [9.17, 15) is 4.79 Å². The average Bonchev–Trinajstić information content (AvgIpc) is 2.95. The highest BCUT2D eigenvalue weighted by atomic mass is 35.5. The van der Waals surface area contributed by atoms with Crippen LogP contribution in [-0.4, -0.2) is 30.4 Å². The fourth-order valence-corrected chi connectivity index (χ4v) is 3.32. The first-order valence-electron chi connectivity index (χ1n) is 8.07. The fraction of sp³-hybridized carbons (Fsp3) is 0.588. The minimum absolute atomic E-state index is 0.157. The van der Waals surface area contributed by atoms with Crippen molar-refractivity contribution < 1.29 is 4.79 Å². The summed E-state index contributed by atoms with van der Waals surface area (Å²) in [7, 11) is 0. The Hall–Kier alpha value is -0.770. The highest BCUT2D eigenvalue weighted by molar-refractivity contribution is 6.42. The number of hydrogen-bond donors (Lipinski definition) is 1. The van der Waals surface area contributed by atoms with E-state index in [-0.39, 0.29) is 5.91 Å². The van der Waals surface area contributed by atoms with Gasteiger partial charge in [0.05, 0.1) is 10.0 Å². The maximum Gasteiger partial charge on any atom is 0.219 e. The third-order valence-corrected chi connectivity index (χ3v) is 4.85. The summed E-state index contributed by atoms with van der Waals surface area (Å²) in [5, 5.41) is 4.20. The second-order valence-electron chi connectivity index (χ2n) is 5.82.